The molecule has 20 heavy (non-hydrogen) atoms. The van der Waals surface area contributed by atoms with Gasteiger partial charge >= 0.3 is 6.18 Å². The summed E-state index contributed by atoms with van der Waals surface area (Å²) in [7, 11) is 0. The maximum atomic E-state index is 13.2. The van der Waals surface area contributed by atoms with Crippen LogP contribution in [0.15, 0.2) is 18.2 Å². The van der Waals surface area contributed by atoms with Crippen molar-refractivity contribution >= 4 is 17.4 Å². The van der Waals surface area contributed by atoms with Gasteiger partial charge in [0.2, 0.25) is 0 Å². The summed E-state index contributed by atoms with van der Waals surface area (Å²) in [4.78, 5) is 1.85. The Kier molecular flexibility index (Phi) is 4.86. The highest BCUT2D eigenvalue weighted by molar-refractivity contribution is 8.00. The van der Waals surface area contributed by atoms with Crippen molar-refractivity contribution in [3.63, 3.8) is 0 Å². The van der Waals surface area contributed by atoms with Gasteiger partial charge in [-0.1, -0.05) is 13.0 Å². The van der Waals surface area contributed by atoms with E-state index in [-0.39, 0.29) is 12.2 Å². The highest BCUT2D eigenvalue weighted by Crippen LogP contribution is 2.38. The maximum Gasteiger partial charge on any atom is 0.418 e. The summed E-state index contributed by atoms with van der Waals surface area (Å²) >= 11 is 1.84. The van der Waals surface area contributed by atoms with Crippen LogP contribution in [0.25, 0.3) is 0 Å². The van der Waals surface area contributed by atoms with Gasteiger partial charge in [0.1, 0.15) is 0 Å². The third-order valence-corrected chi connectivity index (χ3v) is 4.91. The third-order valence-electron chi connectivity index (χ3n) is 3.54. The van der Waals surface area contributed by atoms with Crippen LogP contribution < -0.4 is 10.6 Å². The van der Waals surface area contributed by atoms with E-state index in [0.29, 0.717) is 23.9 Å². The number of anilines is 1. The molecule has 1 aliphatic rings. The molecule has 2 rings (SSSR count). The van der Waals surface area contributed by atoms with Gasteiger partial charge in [0.05, 0.1) is 5.56 Å². The van der Waals surface area contributed by atoms with E-state index in [4.69, 9.17) is 5.73 Å². The van der Waals surface area contributed by atoms with Crippen LogP contribution in [0.5, 0.6) is 0 Å². The Morgan fingerprint density at radius 1 is 1.40 bits per heavy atom. The van der Waals surface area contributed by atoms with Crippen molar-refractivity contribution in [3.8, 4) is 0 Å². The number of halogens is 3. The highest BCUT2D eigenvalue weighted by atomic mass is 32.2. The second-order valence-electron chi connectivity index (χ2n) is 4.90. The molecule has 1 fully saturated rings. The van der Waals surface area contributed by atoms with Gasteiger partial charge in [-0.2, -0.15) is 24.9 Å². The van der Waals surface area contributed by atoms with Gasteiger partial charge in [-0.05, 0) is 24.1 Å². The van der Waals surface area contributed by atoms with E-state index in [2.05, 4.69) is 6.92 Å². The maximum absolute atomic E-state index is 13.2. The fourth-order valence-corrected chi connectivity index (χ4v) is 3.58. The second-order valence-corrected chi connectivity index (χ2v) is 6.31. The van der Waals surface area contributed by atoms with Gasteiger partial charge < -0.3 is 10.6 Å². The van der Waals surface area contributed by atoms with E-state index in [9.17, 15) is 13.2 Å². The summed E-state index contributed by atoms with van der Waals surface area (Å²) in [5, 5.41) is 0.402. The van der Waals surface area contributed by atoms with Gasteiger partial charge in [-0.15, -0.1) is 0 Å². The van der Waals surface area contributed by atoms with E-state index < -0.39 is 11.7 Å². The zero-order valence-electron chi connectivity index (χ0n) is 11.4. The number of nitrogens with zero attached hydrogens (tertiary/aromatic N) is 1. The van der Waals surface area contributed by atoms with Crippen molar-refractivity contribution in [1.82, 2.24) is 0 Å². The molecule has 0 radical (unpaired) electrons. The topological polar surface area (TPSA) is 29.3 Å². The van der Waals surface area contributed by atoms with Crippen LogP contribution in [0.4, 0.5) is 18.9 Å². The Bertz CT molecular complexity index is 462. The number of alkyl halides is 3. The van der Waals surface area contributed by atoms with Crippen molar-refractivity contribution in [1.29, 1.82) is 0 Å². The summed E-state index contributed by atoms with van der Waals surface area (Å²) in [6, 6.07) is 4.43. The Morgan fingerprint density at radius 2 is 2.15 bits per heavy atom. The van der Waals surface area contributed by atoms with E-state index in [1.807, 2.05) is 16.7 Å². The molecule has 1 aliphatic heterocycles. The van der Waals surface area contributed by atoms with Crippen molar-refractivity contribution in [2.45, 2.75) is 31.3 Å². The minimum Gasteiger partial charge on any atom is -0.369 e. The zero-order chi connectivity index (χ0) is 14.8. The smallest absolute Gasteiger partial charge is 0.369 e. The van der Waals surface area contributed by atoms with Crippen LogP contribution in [0.1, 0.15) is 24.5 Å². The largest absolute Gasteiger partial charge is 0.418 e. The average molecular weight is 304 g/mol. The molecule has 0 aliphatic carbocycles. The number of benzene rings is 1. The fourth-order valence-electron chi connectivity index (χ4n) is 2.40. The molecule has 0 spiro atoms. The Morgan fingerprint density at radius 3 is 2.75 bits per heavy atom. The van der Waals surface area contributed by atoms with Crippen molar-refractivity contribution in [3.05, 3.63) is 29.3 Å². The molecule has 0 bridgehead atoms. The standard InChI is InChI=1S/C14H19F3N2S/c1-2-11-9-19(5-6-20-11)13-4-3-10(8-18)7-12(13)14(15,16)17/h3-4,7,11H,2,5-6,8-9,18H2,1H3. The van der Waals surface area contributed by atoms with E-state index >= 15 is 0 Å². The number of thioether (sulfide) groups is 1. The van der Waals surface area contributed by atoms with E-state index in [1.165, 1.54) is 6.07 Å². The molecule has 1 aromatic rings. The molecule has 1 atom stereocenters. The second kappa shape index (κ2) is 6.26. The number of hydrogen-bond donors (Lipinski definition) is 1. The summed E-state index contributed by atoms with van der Waals surface area (Å²) in [5.74, 6) is 0.869. The molecular formula is C14H19F3N2S. The monoisotopic (exact) mass is 304 g/mol. The Labute approximate surface area is 121 Å². The molecule has 1 unspecified atom stereocenters. The summed E-state index contributed by atoms with van der Waals surface area (Å²) in [5.41, 5.74) is 5.68. The normalized spacial score (nSPS) is 20.2. The van der Waals surface area contributed by atoms with Gasteiger partial charge in [0.25, 0.3) is 0 Å². The molecule has 1 heterocycles. The van der Waals surface area contributed by atoms with Crippen molar-refractivity contribution in [2.75, 3.05) is 23.7 Å². The minimum absolute atomic E-state index is 0.122. The molecule has 6 heteroatoms. The van der Waals surface area contributed by atoms with Gasteiger partial charge in [-0.25, -0.2) is 0 Å². The lowest BCUT2D eigenvalue weighted by Gasteiger charge is -2.35. The lowest BCUT2D eigenvalue weighted by atomic mass is 10.1. The fraction of sp³-hybridized carbons (Fsp3) is 0.571. The lowest BCUT2D eigenvalue weighted by molar-refractivity contribution is -0.137. The summed E-state index contributed by atoms with van der Waals surface area (Å²) < 4.78 is 39.7. The zero-order valence-corrected chi connectivity index (χ0v) is 12.2. The van der Waals surface area contributed by atoms with Crippen LogP contribution in [-0.2, 0) is 12.7 Å². The highest BCUT2D eigenvalue weighted by Gasteiger charge is 2.36. The predicted octanol–water partition coefficient (Wildman–Crippen LogP) is 3.50. The molecule has 2 nitrogen and oxygen atoms in total. The predicted molar refractivity (Wildman–Crippen MR) is 78.1 cm³/mol. The molecule has 112 valence electrons. The van der Waals surface area contributed by atoms with Crippen LogP contribution >= 0.6 is 11.8 Å². The third kappa shape index (κ3) is 3.41. The van der Waals surface area contributed by atoms with Crippen LogP contribution in [-0.4, -0.2) is 24.1 Å². The molecule has 2 N–H and O–H groups in total. The Balaban J connectivity index is 2.35. The lowest BCUT2D eigenvalue weighted by Crippen LogP contribution is -2.38. The molecule has 1 aromatic carbocycles. The first kappa shape index (κ1) is 15.5. The average Bonchev–Trinajstić information content (AvgIpc) is 2.45. The van der Waals surface area contributed by atoms with E-state index in [0.717, 1.165) is 12.2 Å². The number of rotatable bonds is 3. The minimum atomic E-state index is -4.34. The molecule has 0 amide bonds. The van der Waals surface area contributed by atoms with Crippen LogP contribution in [0.3, 0.4) is 0 Å². The SMILES string of the molecule is CCC1CN(c2ccc(CN)cc2C(F)(F)F)CCS1. The summed E-state index contributed by atoms with van der Waals surface area (Å²) in [6.45, 7) is 3.53. The van der Waals surface area contributed by atoms with Crippen LogP contribution in [0.2, 0.25) is 0 Å². The Hall–Kier alpha value is -0.880. The number of hydrogen-bond acceptors (Lipinski definition) is 3. The van der Waals surface area contributed by atoms with E-state index in [1.54, 1.807) is 12.1 Å². The van der Waals surface area contributed by atoms with Gasteiger partial charge in [0, 0.05) is 36.3 Å². The first-order valence-electron chi connectivity index (χ1n) is 6.72. The first-order chi connectivity index (χ1) is 9.45. The van der Waals surface area contributed by atoms with Gasteiger partial charge in [-0.3, -0.25) is 0 Å². The quantitative estimate of drug-likeness (QED) is 0.927. The first-order valence-corrected chi connectivity index (χ1v) is 7.77. The van der Waals surface area contributed by atoms with Crippen molar-refractivity contribution < 1.29 is 13.2 Å². The molecular weight excluding hydrogens is 285 g/mol. The van der Waals surface area contributed by atoms with Crippen LogP contribution in [0, 0.1) is 0 Å². The molecule has 0 aromatic heterocycles. The summed E-state index contributed by atoms with van der Waals surface area (Å²) in [6.07, 6.45) is -3.36. The number of nitrogens with two attached hydrogens (primary N) is 1. The molecule has 1 saturated heterocycles. The molecule has 0 saturated carbocycles. The van der Waals surface area contributed by atoms with Crippen molar-refractivity contribution in [2.24, 2.45) is 5.73 Å². The van der Waals surface area contributed by atoms with Gasteiger partial charge in [0.15, 0.2) is 0 Å².